The number of rotatable bonds is 13. The van der Waals surface area contributed by atoms with Crippen LogP contribution in [0.2, 0.25) is 0 Å². The first-order chi connectivity index (χ1) is 19.2. The van der Waals surface area contributed by atoms with Crippen LogP contribution in [0.25, 0.3) is 0 Å². The Morgan fingerprint density at radius 2 is 1.73 bits per heavy atom. The number of thioether (sulfide) groups is 1. The van der Waals surface area contributed by atoms with Crippen LogP contribution in [-0.4, -0.2) is 94.5 Å². The van der Waals surface area contributed by atoms with E-state index in [1.54, 1.807) is 45.7 Å². The summed E-state index contributed by atoms with van der Waals surface area (Å²) in [5.41, 5.74) is 1.82. The summed E-state index contributed by atoms with van der Waals surface area (Å²) in [5.74, 6) is -1.53. The first-order valence-corrected chi connectivity index (χ1v) is 15.4. The van der Waals surface area contributed by atoms with Gasteiger partial charge in [0.1, 0.15) is 6.04 Å². The fraction of sp³-hybridized carbons (Fsp3) is 0.581. The number of fused-ring (bicyclic) bond motifs is 1. The van der Waals surface area contributed by atoms with E-state index in [0.29, 0.717) is 19.4 Å². The highest BCUT2D eigenvalue weighted by molar-refractivity contribution is 8.02. The molecule has 8 nitrogen and oxygen atoms in total. The van der Waals surface area contributed by atoms with E-state index >= 15 is 0 Å². The summed E-state index contributed by atoms with van der Waals surface area (Å²) >= 11 is 1.65. The molecule has 4 rings (SSSR count). The number of aliphatic hydroxyl groups excluding tert-OH is 1. The maximum absolute atomic E-state index is 14.7. The van der Waals surface area contributed by atoms with Gasteiger partial charge < -0.3 is 24.7 Å². The normalized spacial score (nSPS) is 27.3. The molecule has 9 heteroatoms. The van der Waals surface area contributed by atoms with Crippen LogP contribution in [0.15, 0.2) is 49.6 Å². The van der Waals surface area contributed by atoms with E-state index in [9.17, 15) is 19.5 Å². The number of amides is 3. The van der Waals surface area contributed by atoms with Gasteiger partial charge in [0.2, 0.25) is 11.8 Å². The third-order valence-electron chi connectivity index (χ3n) is 8.98. The van der Waals surface area contributed by atoms with E-state index in [1.807, 2.05) is 31.2 Å². The third kappa shape index (κ3) is 4.85. The van der Waals surface area contributed by atoms with Gasteiger partial charge in [-0.05, 0) is 57.4 Å². The smallest absolute Gasteiger partial charge is 0.251 e. The Morgan fingerprint density at radius 1 is 1.10 bits per heavy atom. The van der Waals surface area contributed by atoms with Gasteiger partial charge in [-0.2, -0.15) is 0 Å². The molecule has 1 aromatic carbocycles. The van der Waals surface area contributed by atoms with Crippen LogP contribution < -0.4 is 9.80 Å². The summed E-state index contributed by atoms with van der Waals surface area (Å²) in [6, 6.07) is 6.66. The Balaban J connectivity index is 1.76. The molecule has 0 radical (unpaired) electrons. The van der Waals surface area contributed by atoms with Crippen LogP contribution in [-0.2, 0) is 14.4 Å². The van der Waals surface area contributed by atoms with Crippen molar-refractivity contribution < 1.29 is 19.5 Å². The van der Waals surface area contributed by atoms with Crippen LogP contribution in [0.5, 0.6) is 0 Å². The number of carbonyl (C=O) groups is 3. The number of hydrogen-bond acceptors (Lipinski definition) is 6. The van der Waals surface area contributed by atoms with Crippen molar-refractivity contribution in [2.24, 2.45) is 11.8 Å². The zero-order valence-corrected chi connectivity index (χ0v) is 25.1. The lowest BCUT2D eigenvalue weighted by Crippen LogP contribution is -2.57. The summed E-state index contributed by atoms with van der Waals surface area (Å²) in [7, 11) is 1.74. The minimum absolute atomic E-state index is 0.0124. The fourth-order valence-electron chi connectivity index (χ4n) is 7.03. The van der Waals surface area contributed by atoms with Crippen molar-refractivity contribution in [2.75, 3.05) is 49.6 Å². The molecule has 0 aromatic heterocycles. The van der Waals surface area contributed by atoms with Crippen LogP contribution >= 0.6 is 11.8 Å². The van der Waals surface area contributed by atoms with Gasteiger partial charge in [-0.25, -0.2) is 0 Å². The monoisotopic (exact) mass is 568 g/mol. The van der Waals surface area contributed by atoms with Gasteiger partial charge in [0, 0.05) is 49.9 Å². The fourth-order valence-corrected chi connectivity index (χ4v) is 9.22. The standard InChI is InChI=1S/C31H44N4O4S/c1-7-18-32(6)28(37)25-24-16-17-31(40-24)26(25)29(38)35(21(9-3)20-36)27(31)30(39)34(19-8-2)23-14-12-22(13-15-23)33(10-4)11-5/h7-8,12-15,21,24-27,36H,1-2,9-11,16-20H2,3-6H3/t21-,24-,25+,26-,27?,31?/m0/s1. The summed E-state index contributed by atoms with van der Waals surface area (Å²) in [5, 5.41) is 10.3. The second kappa shape index (κ2) is 12.4. The van der Waals surface area contributed by atoms with Crippen molar-refractivity contribution in [3.05, 3.63) is 49.6 Å². The molecule has 3 fully saturated rings. The lowest BCUT2D eigenvalue weighted by Gasteiger charge is -2.39. The van der Waals surface area contributed by atoms with E-state index in [0.717, 1.165) is 30.9 Å². The van der Waals surface area contributed by atoms with E-state index < -0.39 is 28.7 Å². The Labute approximate surface area is 243 Å². The second-order valence-electron chi connectivity index (χ2n) is 11.0. The molecular formula is C31H44N4O4S. The summed E-state index contributed by atoms with van der Waals surface area (Å²) in [6.45, 7) is 16.0. The molecule has 40 heavy (non-hydrogen) atoms. The predicted octanol–water partition coefficient (Wildman–Crippen LogP) is 3.56. The quantitative estimate of drug-likeness (QED) is 0.367. The minimum Gasteiger partial charge on any atom is -0.394 e. The summed E-state index contributed by atoms with van der Waals surface area (Å²) in [6.07, 6.45) is 5.36. The molecule has 1 N–H and O–H groups in total. The van der Waals surface area contributed by atoms with Gasteiger partial charge in [0.15, 0.2) is 0 Å². The van der Waals surface area contributed by atoms with Gasteiger partial charge in [-0.15, -0.1) is 24.9 Å². The Morgan fingerprint density at radius 3 is 2.27 bits per heavy atom. The summed E-state index contributed by atoms with van der Waals surface area (Å²) < 4.78 is -0.711. The van der Waals surface area contributed by atoms with Gasteiger partial charge in [-0.3, -0.25) is 14.4 Å². The lowest BCUT2D eigenvalue weighted by molar-refractivity contribution is -0.144. The van der Waals surface area contributed by atoms with Gasteiger partial charge in [0.25, 0.3) is 5.91 Å². The molecule has 3 amide bonds. The Bertz CT molecular complexity index is 1120. The zero-order valence-electron chi connectivity index (χ0n) is 24.3. The van der Waals surface area contributed by atoms with E-state index in [-0.39, 0.29) is 36.1 Å². The third-order valence-corrected chi connectivity index (χ3v) is 10.9. The largest absolute Gasteiger partial charge is 0.394 e. The average Bonchev–Trinajstić information content (AvgIpc) is 3.61. The number of aliphatic hydroxyl groups is 1. The molecule has 6 atom stereocenters. The molecule has 2 bridgehead atoms. The highest BCUT2D eigenvalue weighted by Gasteiger charge is 2.74. The topological polar surface area (TPSA) is 84.4 Å². The maximum atomic E-state index is 14.7. The van der Waals surface area contributed by atoms with Crippen molar-refractivity contribution >= 4 is 40.9 Å². The van der Waals surface area contributed by atoms with E-state index in [1.165, 1.54) is 0 Å². The van der Waals surface area contributed by atoms with Crippen LogP contribution in [0.3, 0.4) is 0 Å². The van der Waals surface area contributed by atoms with Crippen molar-refractivity contribution in [3.63, 3.8) is 0 Å². The lowest BCUT2D eigenvalue weighted by atomic mass is 9.70. The number of likely N-dealkylation sites (tertiary alicyclic amines) is 1. The molecule has 1 spiro atoms. The Hall–Kier alpha value is -2.78. The Kier molecular flexibility index (Phi) is 9.35. The second-order valence-corrected chi connectivity index (χ2v) is 12.6. The molecule has 3 aliphatic rings. The van der Waals surface area contributed by atoms with Crippen molar-refractivity contribution in [2.45, 2.75) is 62.1 Å². The number of hydrogen-bond donors (Lipinski definition) is 1. The van der Waals surface area contributed by atoms with Crippen LogP contribution in [0.4, 0.5) is 11.4 Å². The number of likely N-dealkylation sites (N-methyl/N-ethyl adjacent to an activating group) is 1. The molecule has 2 unspecified atom stereocenters. The van der Waals surface area contributed by atoms with Gasteiger partial charge in [-0.1, -0.05) is 19.1 Å². The van der Waals surface area contributed by atoms with Crippen molar-refractivity contribution in [3.8, 4) is 0 Å². The first kappa shape index (κ1) is 30.2. The van der Waals surface area contributed by atoms with E-state index in [2.05, 4.69) is 31.9 Å². The maximum Gasteiger partial charge on any atom is 0.251 e. The number of benzene rings is 1. The van der Waals surface area contributed by atoms with Crippen molar-refractivity contribution in [1.29, 1.82) is 0 Å². The SMILES string of the molecule is C=CCN(C)C(=O)[C@@H]1[C@@H]2CCC3(S2)C(C(=O)N(CC=C)c2ccc(N(CC)CC)cc2)N([C@@H](CC)CO)C(=O)[C@H]13. The molecule has 218 valence electrons. The molecule has 0 saturated carbocycles. The first-order valence-electron chi connectivity index (χ1n) is 14.5. The highest BCUT2D eigenvalue weighted by atomic mass is 32.2. The predicted molar refractivity (Wildman–Crippen MR) is 163 cm³/mol. The average molecular weight is 569 g/mol. The van der Waals surface area contributed by atoms with Crippen LogP contribution in [0.1, 0.15) is 40.0 Å². The molecule has 1 aromatic rings. The molecular weight excluding hydrogens is 524 g/mol. The number of anilines is 2. The molecule has 3 heterocycles. The minimum atomic E-state index is -0.776. The zero-order chi connectivity index (χ0) is 29.2. The van der Waals surface area contributed by atoms with Crippen LogP contribution in [0, 0.1) is 11.8 Å². The molecule has 3 saturated heterocycles. The molecule has 3 aliphatic heterocycles. The molecule has 0 aliphatic carbocycles. The summed E-state index contributed by atoms with van der Waals surface area (Å²) in [4.78, 5) is 49.8. The van der Waals surface area contributed by atoms with E-state index in [4.69, 9.17) is 0 Å². The number of nitrogens with zero attached hydrogens (tertiary/aromatic N) is 4. The van der Waals surface area contributed by atoms with Gasteiger partial charge in [0.05, 0.1) is 29.2 Å². The van der Waals surface area contributed by atoms with Gasteiger partial charge >= 0.3 is 0 Å². The van der Waals surface area contributed by atoms with Crippen molar-refractivity contribution in [1.82, 2.24) is 9.80 Å². The highest BCUT2D eigenvalue weighted by Crippen LogP contribution is 2.67. The number of carbonyl (C=O) groups excluding carboxylic acids is 3.